The summed E-state index contributed by atoms with van der Waals surface area (Å²) in [5.74, 6) is 0. The van der Waals surface area contributed by atoms with Gasteiger partial charge in [0.05, 0.1) is 6.10 Å². The minimum absolute atomic E-state index is 0.0913. The van der Waals surface area contributed by atoms with Crippen molar-refractivity contribution in [2.75, 3.05) is 0 Å². The fourth-order valence-corrected chi connectivity index (χ4v) is 3.03. The summed E-state index contributed by atoms with van der Waals surface area (Å²) in [6, 6.07) is 0.998. The summed E-state index contributed by atoms with van der Waals surface area (Å²) in [6.07, 6.45) is 7.20. The van der Waals surface area contributed by atoms with Gasteiger partial charge in [0.15, 0.2) is 0 Å². The smallest absolute Gasteiger partial charge is 0.0693 e. The van der Waals surface area contributed by atoms with Gasteiger partial charge in [-0.2, -0.15) is 0 Å². The van der Waals surface area contributed by atoms with E-state index in [-0.39, 0.29) is 6.10 Å². The Bertz CT molecular complexity index is 202. The third-order valence-electron chi connectivity index (χ3n) is 4.15. The molecule has 0 aromatic carbocycles. The maximum atomic E-state index is 9.76. The van der Waals surface area contributed by atoms with Gasteiger partial charge < -0.3 is 10.4 Å². The lowest BCUT2D eigenvalue weighted by Gasteiger charge is -2.31. The monoisotopic (exact) mass is 197 g/mol. The zero-order valence-electron chi connectivity index (χ0n) is 9.42. The molecule has 2 nitrogen and oxygen atoms in total. The van der Waals surface area contributed by atoms with Crippen molar-refractivity contribution in [3.63, 3.8) is 0 Å². The van der Waals surface area contributed by atoms with Crippen LogP contribution in [0.15, 0.2) is 0 Å². The van der Waals surface area contributed by atoms with Crippen molar-refractivity contribution in [2.45, 2.75) is 70.6 Å². The Hall–Kier alpha value is -0.0800. The number of hydrogen-bond donors (Lipinski definition) is 2. The van der Waals surface area contributed by atoms with Gasteiger partial charge in [-0.3, -0.25) is 0 Å². The lowest BCUT2D eigenvalue weighted by Crippen LogP contribution is -2.46. The van der Waals surface area contributed by atoms with Crippen LogP contribution in [0.1, 0.15) is 52.4 Å². The molecule has 2 aliphatic rings. The Morgan fingerprint density at radius 1 is 1.14 bits per heavy atom. The average molecular weight is 197 g/mol. The predicted octanol–water partition coefficient (Wildman–Crippen LogP) is 2.07. The highest BCUT2D eigenvalue weighted by Gasteiger charge is 2.37. The Morgan fingerprint density at radius 2 is 1.93 bits per heavy atom. The summed E-state index contributed by atoms with van der Waals surface area (Å²) in [7, 11) is 0. The van der Waals surface area contributed by atoms with Gasteiger partial charge >= 0.3 is 0 Å². The Balaban J connectivity index is 1.90. The molecule has 0 aromatic heterocycles. The molecule has 82 valence electrons. The highest BCUT2D eigenvalue weighted by Crippen LogP contribution is 2.38. The van der Waals surface area contributed by atoms with Gasteiger partial charge in [0.25, 0.3) is 0 Å². The molecule has 3 unspecified atom stereocenters. The van der Waals surface area contributed by atoms with E-state index < -0.39 is 0 Å². The fraction of sp³-hybridized carbons (Fsp3) is 1.00. The van der Waals surface area contributed by atoms with E-state index in [4.69, 9.17) is 0 Å². The van der Waals surface area contributed by atoms with Gasteiger partial charge in [0.1, 0.15) is 0 Å². The molecule has 2 heteroatoms. The Labute approximate surface area is 87.1 Å². The first-order valence-corrected chi connectivity index (χ1v) is 6.04. The van der Waals surface area contributed by atoms with Crippen molar-refractivity contribution in [3.8, 4) is 0 Å². The Morgan fingerprint density at radius 3 is 2.43 bits per heavy atom. The van der Waals surface area contributed by atoms with Crippen LogP contribution < -0.4 is 5.32 Å². The van der Waals surface area contributed by atoms with Crippen LogP contribution in [0.5, 0.6) is 0 Å². The lowest BCUT2D eigenvalue weighted by molar-refractivity contribution is 0.130. The first-order valence-electron chi connectivity index (χ1n) is 6.04. The maximum absolute atomic E-state index is 9.76. The summed E-state index contributed by atoms with van der Waals surface area (Å²) in [5.41, 5.74) is 0.433. The van der Waals surface area contributed by atoms with Gasteiger partial charge in [-0.15, -0.1) is 0 Å². The minimum atomic E-state index is -0.0913. The van der Waals surface area contributed by atoms with E-state index in [1.165, 1.54) is 25.7 Å². The van der Waals surface area contributed by atoms with E-state index in [9.17, 15) is 5.11 Å². The quantitative estimate of drug-likeness (QED) is 0.710. The third-order valence-corrected chi connectivity index (χ3v) is 4.15. The van der Waals surface area contributed by atoms with Crippen molar-refractivity contribution < 1.29 is 5.11 Å². The molecule has 0 heterocycles. The molecular weight excluding hydrogens is 174 g/mol. The van der Waals surface area contributed by atoms with Gasteiger partial charge in [-0.05, 0) is 37.5 Å². The van der Waals surface area contributed by atoms with Gasteiger partial charge in [-0.1, -0.05) is 20.3 Å². The van der Waals surface area contributed by atoms with Crippen LogP contribution in [-0.2, 0) is 0 Å². The van der Waals surface area contributed by atoms with Crippen LogP contribution in [0, 0.1) is 5.41 Å². The molecule has 3 atom stereocenters. The Kier molecular flexibility index (Phi) is 2.85. The normalized spacial score (nSPS) is 41.8. The van der Waals surface area contributed by atoms with Crippen LogP contribution in [0.3, 0.4) is 0 Å². The molecule has 0 saturated heterocycles. The van der Waals surface area contributed by atoms with E-state index in [1.54, 1.807) is 0 Å². The molecule has 0 aliphatic heterocycles. The minimum Gasteiger partial charge on any atom is -0.392 e. The van der Waals surface area contributed by atoms with Crippen molar-refractivity contribution in [3.05, 3.63) is 0 Å². The zero-order valence-corrected chi connectivity index (χ0v) is 9.42. The molecular formula is C12H23NO. The van der Waals surface area contributed by atoms with Crippen LogP contribution in [0.4, 0.5) is 0 Å². The van der Waals surface area contributed by atoms with Crippen molar-refractivity contribution >= 4 is 0 Å². The molecule has 0 aromatic rings. The second-order valence-electron chi connectivity index (χ2n) is 5.70. The summed E-state index contributed by atoms with van der Waals surface area (Å²) in [6.45, 7) is 4.69. The molecule has 2 aliphatic carbocycles. The average Bonchev–Trinajstić information content (AvgIpc) is 2.62. The highest BCUT2D eigenvalue weighted by atomic mass is 16.3. The van der Waals surface area contributed by atoms with E-state index >= 15 is 0 Å². The summed E-state index contributed by atoms with van der Waals surface area (Å²) >= 11 is 0. The van der Waals surface area contributed by atoms with E-state index in [2.05, 4.69) is 19.2 Å². The second kappa shape index (κ2) is 3.82. The number of rotatable bonds is 2. The molecule has 2 rings (SSSR count). The number of nitrogens with one attached hydrogen (secondary N) is 1. The molecule has 0 amide bonds. The predicted molar refractivity (Wildman–Crippen MR) is 58.2 cm³/mol. The zero-order chi connectivity index (χ0) is 10.2. The van der Waals surface area contributed by atoms with Gasteiger partial charge in [0, 0.05) is 12.1 Å². The first kappa shape index (κ1) is 10.4. The molecule has 2 fully saturated rings. The summed E-state index contributed by atoms with van der Waals surface area (Å²) < 4.78 is 0. The second-order valence-corrected chi connectivity index (χ2v) is 5.70. The number of hydrogen-bond acceptors (Lipinski definition) is 2. The molecule has 0 radical (unpaired) electrons. The topological polar surface area (TPSA) is 32.3 Å². The van der Waals surface area contributed by atoms with Crippen molar-refractivity contribution in [1.82, 2.24) is 5.32 Å². The van der Waals surface area contributed by atoms with Crippen LogP contribution in [-0.4, -0.2) is 23.3 Å². The van der Waals surface area contributed by atoms with Gasteiger partial charge in [-0.25, -0.2) is 0 Å². The third kappa shape index (κ3) is 1.96. The van der Waals surface area contributed by atoms with Crippen molar-refractivity contribution in [1.29, 1.82) is 0 Å². The molecule has 2 saturated carbocycles. The summed E-state index contributed by atoms with van der Waals surface area (Å²) in [5, 5.41) is 13.4. The van der Waals surface area contributed by atoms with E-state index in [0.29, 0.717) is 17.5 Å². The first-order chi connectivity index (χ1) is 6.59. The SMILES string of the molecule is CC1(C)CCCC1NC1CCCC1O. The maximum Gasteiger partial charge on any atom is 0.0693 e. The van der Waals surface area contributed by atoms with Crippen LogP contribution >= 0.6 is 0 Å². The molecule has 2 N–H and O–H groups in total. The largest absolute Gasteiger partial charge is 0.392 e. The lowest BCUT2D eigenvalue weighted by atomic mass is 9.87. The summed E-state index contributed by atoms with van der Waals surface area (Å²) in [4.78, 5) is 0. The van der Waals surface area contributed by atoms with E-state index in [0.717, 1.165) is 12.8 Å². The number of aliphatic hydroxyl groups is 1. The fourth-order valence-electron chi connectivity index (χ4n) is 3.03. The van der Waals surface area contributed by atoms with Gasteiger partial charge in [0.2, 0.25) is 0 Å². The number of aliphatic hydroxyl groups excluding tert-OH is 1. The van der Waals surface area contributed by atoms with E-state index in [1.807, 2.05) is 0 Å². The standard InChI is InChI=1S/C12H23NO/c1-12(2)8-4-7-11(12)13-9-5-3-6-10(9)14/h9-11,13-14H,3-8H2,1-2H3. The van der Waals surface area contributed by atoms with Crippen LogP contribution in [0.25, 0.3) is 0 Å². The van der Waals surface area contributed by atoms with Crippen LogP contribution in [0.2, 0.25) is 0 Å². The van der Waals surface area contributed by atoms with Crippen molar-refractivity contribution in [2.24, 2.45) is 5.41 Å². The molecule has 0 spiro atoms. The molecule has 0 bridgehead atoms. The molecule has 14 heavy (non-hydrogen) atoms. The highest BCUT2D eigenvalue weighted by molar-refractivity contribution is 4.94.